The van der Waals surface area contributed by atoms with Gasteiger partial charge in [-0.2, -0.15) is 0 Å². The molecule has 1 aromatic heterocycles. The van der Waals surface area contributed by atoms with E-state index in [0.29, 0.717) is 31.7 Å². The fraction of sp³-hybridized carbons (Fsp3) is 0.353. The van der Waals surface area contributed by atoms with Gasteiger partial charge in [-0.1, -0.05) is 18.2 Å². The largest absolute Gasteiger partial charge is 0.476 e. The lowest BCUT2D eigenvalue weighted by molar-refractivity contribution is 0.0670. The predicted molar refractivity (Wildman–Crippen MR) is 82.5 cm³/mol. The van der Waals surface area contributed by atoms with Gasteiger partial charge >= 0.3 is 5.97 Å². The second-order valence-electron chi connectivity index (χ2n) is 5.75. The van der Waals surface area contributed by atoms with Crippen LogP contribution >= 0.6 is 0 Å². The number of nitrogens with zero attached hydrogens (tertiary/aromatic N) is 2. The zero-order valence-corrected chi connectivity index (χ0v) is 12.9. The fourth-order valence-electron chi connectivity index (χ4n) is 3.03. The number of aromatic carboxylic acids is 1. The summed E-state index contributed by atoms with van der Waals surface area (Å²) < 4.78 is 5.27. The van der Waals surface area contributed by atoms with E-state index >= 15 is 0 Å². The summed E-state index contributed by atoms with van der Waals surface area (Å²) in [5.74, 6) is -0.644. The summed E-state index contributed by atoms with van der Waals surface area (Å²) in [6, 6.07) is 7.53. The number of carbonyl (C=O) groups is 2. The van der Waals surface area contributed by atoms with E-state index in [9.17, 15) is 9.59 Å². The topological polar surface area (TPSA) is 83.6 Å². The molecule has 120 valence electrons. The Morgan fingerprint density at radius 3 is 2.61 bits per heavy atom. The Labute approximate surface area is 133 Å². The Morgan fingerprint density at radius 1 is 1.26 bits per heavy atom. The summed E-state index contributed by atoms with van der Waals surface area (Å²) in [4.78, 5) is 29.3. The van der Waals surface area contributed by atoms with Crippen molar-refractivity contribution in [2.75, 3.05) is 13.1 Å². The minimum absolute atomic E-state index is 0.00970. The molecule has 2 aromatic rings. The first-order chi connectivity index (χ1) is 11.1. The summed E-state index contributed by atoms with van der Waals surface area (Å²) in [7, 11) is 0. The van der Waals surface area contributed by atoms with Gasteiger partial charge in [0, 0.05) is 24.6 Å². The second kappa shape index (κ2) is 6.24. The predicted octanol–water partition coefficient (Wildman–Crippen LogP) is 2.70. The van der Waals surface area contributed by atoms with Crippen LogP contribution in [-0.2, 0) is 0 Å². The molecule has 1 amide bonds. The Morgan fingerprint density at radius 2 is 1.96 bits per heavy atom. The molecule has 6 nitrogen and oxygen atoms in total. The van der Waals surface area contributed by atoms with Gasteiger partial charge in [0.1, 0.15) is 5.76 Å². The number of likely N-dealkylation sites (tertiary alicyclic amines) is 1. The molecule has 1 aliphatic heterocycles. The first-order valence-corrected chi connectivity index (χ1v) is 7.59. The SMILES string of the molecule is Cc1ccccc1C(=O)N1CCC(c2ocnc2C(=O)O)CC1. The Hall–Kier alpha value is -2.63. The minimum Gasteiger partial charge on any atom is -0.476 e. The lowest BCUT2D eigenvalue weighted by atomic mass is 9.92. The van der Waals surface area contributed by atoms with E-state index in [1.54, 1.807) is 0 Å². The van der Waals surface area contributed by atoms with Gasteiger partial charge < -0.3 is 14.4 Å². The van der Waals surface area contributed by atoms with Gasteiger partial charge in [-0.25, -0.2) is 9.78 Å². The van der Waals surface area contributed by atoms with Crippen molar-refractivity contribution in [3.8, 4) is 0 Å². The van der Waals surface area contributed by atoms with E-state index in [-0.39, 0.29) is 17.5 Å². The summed E-state index contributed by atoms with van der Waals surface area (Å²) in [5.41, 5.74) is 1.66. The number of aromatic nitrogens is 1. The zero-order chi connectivity index (χ0) is 16.4. The Kier molecular flexibility index (Phi) is 4.14. The van der Waals surface area contributed by atoms with Crippen LogP contribution in [0.25, 0.3) is 0 Å². The van der Waals surface area contributed by atoms with Crippen molar-refractivity contribution >= 4 is 11.9 Å². The van der Waals surface area contributed by atoms with Crippen LogP contribution in [0, 0.1) is 6.92 Å². The minimum atomic E-state index is -1.08. The molecular formula is C17H18N2O4. The number of oxazole rings is 1. The lowest BCUT2D eigenvalue weighted by Crippen LogP contribution is -2.38. The van der Waals surface area contributed by atoms with E-state index < -0.39 is 5.97 Å². The number of carboxylic acids is 1. The van der Waals surface area contributed by atoms with Crippen molar-refractivity contribution in [2.45, 2.75) is 25.7 Å². The van der Waals surface area contributed by atoms with Gasteiger partial charge in [-0.3, -0.25) is 4.79 Å². The number of piperidine rings is 1. The van der Waals surface area contributed by atoms with Crippen molar-refractivity contribution in [3.05, 3.63) is 53.2 Å². The molecule has 0 saturated carbocycles. The molecule has 23 heavy (non-hydrogen) atoms. The average molecular weight is 314 g/mol. The van der Waals surface area contributed by atoms with Crippen LogP contribution < -0.4 is 0 Å². The molecule has 0 atom stereocenters. The third-order valence-electron chi connectivity index (χ3n) is 4.33. The van der Waals surface area contributed by atoms with Crippen LogP contribution in [0.3, 0.4) is 0 Å². The molecule has 1 saturated heterocycles. The first-order valence-electron chi connectivity index (χ1n) is 7.59. The van der Waals surface area contributed by atoms with Crippen LogP contribution in [0.5, 0.6) is 0 Å². The van der Waals surface area contributed by atoms with Gasteiger partial charge in [0.25, 0.3) is 5.91 Å². The molecule has 1 N–H and O–H groups in total. The smallest absolute Gasteiger partial charge is 0.358 e. The normalized spacial score (nSPS) is 15.6. The number of carboxylic acid groups (broad SMARTS) is 1. The molecule has 0 aliphatic carbocycles. The highest BCUT2D eigenvalue weighted by atomic mass is 16.4. The number of hydrogen-bond acceptors (Lipinski definition) is 4. The third kappa shape index (κ3) is 2.97. The maximum atomic E-state index is 12.6. The number of rotatable bonds is 3. The maximum Gasteiger partial charge on any atom is 0.358 e. The van der Waals surface area contributed by atoms with E-state index in [1.807, 2.05) is 36.1 Å². The highest BCUT2D eigenvalue weighted by Crippen LogP contribution is 2.30. The molecule has 2 heterocycles. The highest BCUT2D eigenvalue weighted by molar-refractivity contribution is 5.95. The van der Waals surface area contributed by atoms with Crippen LogP contribution in [-0.4, -0.2) is 40.0 Å². The summed E-state index contributed by atoms with van der Waals surface area (Å²) >= 11 is 0. The van der Waals surface area contributed by atoms with Gasteiger partial charge in [0.2, 0.25) is 0 Å². The maximum absolute atomic E-state index is 12.6. The molecule has 6 heteroatoms. The standard InChI is InChI=1S/C17H18N2O4/c1-11-4-2-3-5-13(11)16(20)19-8-6-12(7-9-19)15-14(17(21)22)18-10-23-15/h2-5,10,12H,6-9H2,1H3,(H,21,22). The van der Waals surface area contributed by atoms with Crippen molar-refractivity contribution in [2.24, 2.45) is 0 Å². The van der Waals surface area contributed by atoms with E-state index in [0.717, 1.165) is 11.1 Å². The summed E-state index contributed by atoms with van der Waals surface area (Å²) in [6.07, 6.45) is 2.52. The second-order valence-corrected chi connectivity index (χ2v) is 5.75. The number of benzene rings is 1. The van der Waals surface area contributed by atoms with Crippen molar-refractivity contribution in [1.82, 2.24) is 9.88 Å². The van der Waals surface area contributed by atoms with E-state index in [4.69, 9.17) is 9.52 Å². The zero-order valence-electron chi connectivity index (χ0n) is 12.9. The van der Waals surface area contributed by atoms with E-state index in [2.05, 4.69) is 4.98 Å². The molecule has 0 spiro atoms. The van der Waals surface area contributed by atoms with Crippen LogP contribution in [0.15, 0.2) is 35.1 Å². The van der Waals surface area contributed by atoms with Crippen molar-refractivity contribution in [1.29, 1.82) is 0 Å². The molecule has 0 unspecified atom stereocenters. The molecular weight excluding hydrogens is 296 g/mol. The van der Waals surface area contributed by atoms with Gasteiger partial charge in [-0.05, 0) is 31.4 Å². The molecule has 3 rings (SSSR count). The van der Waals surface area contributed by atoms with Crippen molar-refractivity contribution < 1.29 is 19.1 Å². The molecule has 1 aromatic carbocycles. The van der Waals surface area contributed by atoms with Crippen LogP contribution in [0.4, 0.5) is 0 Å². The molecule has 0 radical (unpaired) electrons. The van der Waals surface area contributed by atoms with Gasteiger partial charge in [0.15, 0.2) is 12.1 Å². The fourth-order valence-corrected chi connectivity index (χ4v) is 3.03. The monoisotopic (exact) mass is 314 g/mol. The summed E-state index contributed by atoms with van der Waals surface area (Å²) in [6.45, 7) is 3.09. The summed E-state index contributed by atoms with van der Waals surface area (Å²) in [5, 5.41) is 9.12. The number of amides is 1. The number of hydrogen-bond donors (Lipinski definition) is 1. The average Bonchev–Trinajstić information content (AvgIpc) is 3.05. The number of aryl methyl sites for hydroxylation is 1. The van der Waals surface area contributed by atoms with Gasteiger partial charge in [0.05, 0.1) is 0 Å². The quantitative estimate of drug-likeness (QED) is 0.941. The van der Waals surface area contributed by atoms with Crippen LogP contribution in [0.1, 0.15) is 50.9 Å². The highest BCUT2D eigenvalue weighted by Gasteiger charge is 2.30. The number of carbonyl (C=O) groups excluding carboxylic acids is 1. The van der Waals surface area contributed by atoms with E-state index in [1.165, 1.54) is 6.39 Å². The Bertz CT molecular complexity index is 730. The lowest BCUT2D eigenvalue weighted by Gasteiger charge is -2.31. The van der Waals surface area contributed by atoms with Gasteiger partial charge in [-0.15, -0.1) is 0 Å². The molecule has 1 fully saturated rings. The molecule has 0 bridgehead atoms. The third-order valence-corrected chi connectivity index (χ3v) is 4.33. The first kappa shape index (κ1) is 15.3. The Balaban J connectivity index is 1.69. The molecule has 1 aliphatic rings. The van der Waals surface area contributed by atoms with Crippen molar-refractivity contribution in [3.63, 3.8) is 0 Å². The van der Waals surface area contributed by atoms with Crippen LogP contribution in [0.2, 0.25) is 0 Å².